The van der Waals surface area contributed by atoms with Crippen LogP contribution in [0.25, 0.3) is 11.0 Å². The van der Waals surface area contributed by atoms with Crippen molar-refractivity contribution in [3.63, 3.8) is 0 Å². The van der Waals surface area contributed by atoms with Crippen LogP contribution in [0.3, 0.4) is 0 Å². The largest absolute Gasteiger partial charge is 0.459 e. The standard InChI is InChI=1S/C18H28N2O/c1-4-6-12-20(3)14-16-15-9-7-8-10-17(15)21-18(16)13-19-11-5-2/h7-10,19H,4-6,11-14H2,1-3H3. The third-order valence-electron chi connectivity index (χ3n) is 3.82. The third-order valence-corrected chi connectivity index (χ3v) is 3.82. The number of rotatable bonds is 9. The first-order chi connectivity index (χ1) is 10.3. The fraction of sp³-hybridized carbons (Fsp3) is 0.556. The molecule has 0 bridgehead atoms. The molecule has 0 radical (unpaired) electrons. The van der Waals surface area contributed by atoms with Gasteiger partial charge in [-0.2, -0.15) is 0 Å². The van der Waals surface area contributed by atoms with Crippen LogP contribution in [-0.2, 0) is 13.1 Å². The van der Waals surface area contributed by atoms with E-state index in [1.807, 2.05) is 6.07 Å². The number of para-hydroxylation sites is 1. The first-order valence-electron chi connectivity index (χ1n) is 8.14. The van der Waals surface area contributed by atoms with E-state index < -0.39 is 0 Å². The average Bonchev–Trinajstić information content (AvgIpc) is 2.83. The molecule has 0 aliphatic rings. The van der Waals surface area contributed by atoms with Crippen molar-refractivity contribution < 1.29 is 4.42 Å². The second-order valence-electron chi connectivity index (χ2n) is 5.77. The summed E-state index contributed by atoms with van der Waals surface area (Å²) in [6.07, 6.45) is 3.63. The topological polar surface area (TPSA) is 28.4 Å². The zero-order valence-electron chi connectivity index (χ0n) is 13.6. The molecule has 0 fully saturated rings. The van der Waals surface area contributed by atoms with Crippen LogP contribution in [0.2, 0.25) is 0 Å². The number of hydrogen-bond donors (Lipinski definition) is 1. The van der Waals surface area contributed by atoms with E-state index in [0.29, 0.717) is 0 Å². The summed E-state index contributed by atoms with van der Waals surface area (Å²) >= 11 is 0. The smallest absolute Gasteiger partial charge is 0.134 e. The van der Waals surface area contributed by atoms with Crippen molar-refractivity contribution in [1.82, 2.24) is 10.2 Å². The molecule has 0 atom stereocenters. The van der Waals surface area contributed by atoms with Gasteiger partial charge in [-0.1, -0.05) is 38.5 Å². The SMILES string of the molecule is CCCCN(C)Cc1c(CNCCC)oc2ccccc12. The van der Waals surface area contributed by atoms with Gasteiger partial charge in [0.1, 0.15) is 11.3 Å². The molecule has 3 nitrogen and oxygen atoms in total. The highest BCUT2D eigenvalue weighted by Crippen LogP contribution is 2.27. The highest BCUT2D eigenvalue weighted by Gasteiger charge is 2.14. The van der Waals surface area contributed by atoms with E-state index in [-0.39, 0.29) is 0 Å². The summed E-state index contributed by atoms with van der Waals surface area (Å²) in [5.74, 6) is 1.09. The summed E-state index contributed by atoms with van der Waals surface area (Å²) in [6, 6.07) is 8.37. The van der Waals surface area contributed by atoms with Crippen molar-refractivity contribution in [3.8, 4) is 0 Å². The summed E-state index contributed by atoms with van der Waals surface area (Å²) in [5, 5.41) is 4.72. The van der Waals surface area contributed by atoms with Gasteiger partial charge < -0.3 is 14.6 Å². The van der Waals surface area contributed by atoms with Gasteiger partial charge in [-0.15, -0.1) is 0 Å². The Bertz CT molecular complexity index is 547. The second-order valence-corrected chi connectivity index (χ2v) is 5.77. The number of nitrogens with one attached hydrogen (secondary N) is 1. The summed E-state index contributed by atoms with van der Waals surface area (Å²) in [4.78, 5) is 2.39. The van der Waals surface area contributed by atoms with Gasteiger partial charge in [-0.05, 0) is 39.0 Å². The lowest BCUT2D eigenvalue weighted by Crippen LogP contribution is -2.21. The zero-order chi connectivity index (χ0) is 15.1. The van der Waals surface area contributed by atoms with Crippen molar-refractivity contribution in [1.29, 1.82) is 0 Å². The molecule has 2 rings (SSSR count). The molecule has 1 N–H and O–H groups in total. The van der Waals surface area contributed by atoms with Crippen molar-refractivity contribution >= 4 is 11.0 Å². The summed E-state index contributed by atoms with van der Waals surface area (Å²) in [6.45, 7) is 8.37. The lowest BCUT2D eigenvalue weighted by molar-refractivity contribution is 0.317. The maximum absolute atomic E-state index is 6.06. The van der Waals surface area contributed by atoms with E-state index in [0.717, 1.165) is 43.9 Å². The molecular formula is C18H28N2O. The molecule has 0 saturated heterocycles. The van der Waals surface area contributed by atoms with E-state index in [1.54, 1.807) is 0 Å². The summed E-state index contributed by atoms with van der Waals surface area (Å²) in [7, 11) is 2.20. The number of benzene rings is 1. The second kappa shape index (κ2) is 8.20. The van der Waals surface area contributed by atoms with Gasteiger partial charge >= 0.3 is 0 Å². The van der Waals surface area contributed by atoms with Crippen LogP contribution in [-0.4, -0.2) is 25.0 Å². The van der Waals surface area contributed by atoms with Gasteiger partial charge in [0.05, 0.1) is 6.54 Å². The molecule has 1 aromatic carbocycles. The minimum atomic E-state index is 0.819. The number of nitrogens with zero attached hydrogens (tertiary/aromatic N) is 1. The lowest BCUT2D eigenvalue weighted by atomic mass is 10.1. The van der Waals surface area contributed by atoms with Crippen molar-refractivity contribution in [2.24, 2.45) is 0 Å². The monoisotopic (exact) mass is 288 g/mol. The number of fused-ring (bicyclic) bond motifs is 1. The van der Waals surface area contributed by atoms with Crippen LogP contribution in [0.4, 0.5) is 0 Å². The molecule has 2 aromatic rings. The van der Waals surface area contributed by atoms with Gasteiger partial charge in [-0.3, -0.25) is 0 Å². The molecule has 0 amide bonds. The van der Waals surface area contributed by atoms with E-state index in [9.17, 15) is 0 Å². The number of hydrogen-bond acceptors (Lipinski definition) is 3. The Labute approximate surface area is 128 Å². The fourth-order valence-electron chi connectivity index (χ4n) is 2.62. The van der Waals surface area contributed by atoms with Crippen LogP contribution in [0.15, 0.2) is 28.7 Å². The number of furan rings is 1. The van der Waals surface area contributed by atoms with E-state index in [4.69, 9.17) is 4.42 Å². The molecule has 1 heterocycles. The molecule has 0 aliphatic heterocycles. The molecule has 0 spiro atoms. The Morgan fingerprint density at radius 3 is 2.71 bits per heavy atom. The molecule has 0 saturated carbocycles. The first kappa shape index (κ1) is 16.1. The van der Waals surface area contributed by atoms with Crippen molar-refractivity contribution in [3.05, 3.63) is 35.6 Å². The third kappa shape index (κ3) is 4.32. The van der Waals surface area contributed by atoms with E-state index in [1.165, 1.54) is 23.8 Å². The summed E-state index contributed by atoms with van der Waals surface area (Å²) < 4.78 is 6.06. The van der Waals surface area contributed by atoms with Crippen molar-refractivity contribution in [2.45, 2.75) is 46.2 Å². The Kier molecular flexibility index (Phi) is 6.27. The predicted molar refractivity (Wildman–Crippen MR) is 89.5 cm³/mol. The number of unbranched alkanes of at least 4 members (excludes halogenated alkanes) is 1. The molecule has 0 aliphatic carbocycles. The summed E-state index contributed by atoms with van der Waals surface area (Å²) in [5.41, 5.74) is 2.34. The van der Waals surface area contributed by atoms with Crippen LogP contribution in [0.5, 0.6) is 0 Å². The lowest BCUT2D eigenvalue weighted by Gasteiger charge is -2.16. The maximum atomic E-state index is 6.06. The highest BCUT2D eigenvalue weighted by atomic mass is 16.3. The van der Waals surface area contributed by atoms with Crippen LogP contribution < -0.4 is 5.32 Å². The maximum Gasteiger partial charge on any atom is 0.134 e. The Morgan fingerprint density at radius 1 is 1.14 bits per heavy atom. The quantitative estimate of drug-likeness (QED) is 0.702. The Hall–Kier alpha value is -1.32. The fourth-order valence-corrected chi connectivity index (χ4v) is 2.62. The Balaban J connectivity index is 2.18. The van der Waals surface area contributed by atoms with E-state index in [2.05, 4.69) is 49.3 Å². The van der Waals surface area contributed by atoms with Gasteiger partial charge in [0.15, 0.2) is 0 Å². The predicted octanol–water partition coefficient (Wildman–Crippen LogP) is 4.16. The highest BCUT2D eigenvalue weighted by molar-refractivity contribution is 5.82. The molecule has 3 heteroatoms. The Morgan fingerprint density at radius 2 is 1.95 bits per heavy atom. The molecule has 21 heavy (non-hydrogen) atoms. The minimum Gasteiger partial charge on any atom is -0.459 e. The van der Waals surface area contributed by atoms with Gasteiger partial charge in [0.2, 0.25) is 0 Å². The average molecular weight is 288 g/mol. The zero-order valence-corrected chi connectivity index (χ0v) is 13.6. The van der Waals surface area contributed by atoms with Gasteiger partial charge in [0.25, 0.3) is 0 Å². The van der Waals surface area contributed by atoms with Crippen LogP contribution >= 0.6 is 0 Å². The first-order valence-corrected chi connectivity index (χ1v) is 8.14. The van der Waals surface area contributed by atoms with E-state index >= 15 is 0 Å². The molecule has 116 valence electrons. The normalized spacial score (nSPS) is 11.6. The molecule has 0 unspecified atom stereocenters. The van der Waals surface area contributed by atoms with Crippen molar-refractivity contribution in [2.75, 3.05) is 20.1 Å². The van der Waals surface area contributed by atoms with Gasteiger partial charge in [-0.25, -0.2) is 0 Å². The molecular weight excluding hydrogens is 260 g/mol. The van der Waals surface area contributed by atoms with Crippen LogP contribution in [0.1, 0.15) is 44.4 Å². The minimum absolute atomic E-state index is 0.819. The van der Waals surface area contributed by atoms with Gasteiger partial charge in [0, 0.05) is 17.5 Å². The molecule has 1 aromatic heterocycles. The van der Waals surface area contributed by atoms with Crippen LogP contribution in [0, 0.1) is 0 Å².